The molecule has 18 heavy (non-hydrogen) atoms. The van der Waals surface area contributed by atoms with Gasteiger partial charge in [0.2, 0.25) is 0 Å². The molecule has 0 unspecified atom stereocenters. The predicted molar refractivity (Wildman–Crippen MR) is 67.6 cm³/mol. The predicted octanol–water partition coefficient (Wildman–Crippen LogP) is 1.93. The highest BCUT2D eigenvalue weighted by Crippen LogP contribution is 2.33. The molecule has 96 valence electrons. The van der Waals surface area contributed by atoms with Crippen molar-refractivity contribution in [2.75, 3.05) is 6.35 Å². The molecule has 0 aromatic heterocycles. The van der Waals surface area contributed by atoms with E-state index in [2.05, 4.69) is 4.74 Å². The minimum atomic E-state index is -4.30. The molecule has 0 spiro atoms. The zero-order valence-electron chi connectivity index (χ0n) is 9.47. The zero-order valence-corrected chi connectivity index (χ0v) is 10.4. The molecule has 0 radical (unpaired) electrons. The van der Waals surface area contributed by atoms with Gasteiger partial charge in [0.15, 0.2) is 6.35 Å². The maximum atomic E-state index is 11.0. The third kappa shape index (κ3) is 6.81. The van der Waals surface area contributed by atoms with Crippen LogP contribution in [0, 0.1) is 0 Å². The average molecular weight is 268 g/mol. The minimum absolute atomic E-state index is 0.795. The smallest absolute Gasteiger partial charge is 0.362 e. The number of allylic oxidation sites excluding steroid dienone is 2. The molecule has 1 aromatic rings. The van der Waals surface area contributed by atoms with Crippen LogP contribution in [0.2, 0.25) is 0 Å². The topological polar surface area (TPSA) is 83.8 Å². The van der Waals surface area contributed by atoms with E-state index in [0.717, 1.165) is 11.6 Å². The molecule has 0 amide bonds. The Morgan fingerprint density at radius 3 is 2.50 bits per heavy atom. The monoisotopic (exact) mass is 268 g/mol. The van der Waals surface area contributed by atoms with E-state index in [1.54, 1.807) is 12.2 Å². The van der Waals surface area contributed by atoms with Crippen LogP contribution in [-0.4, -0.2) is 22.1 Å². The Labute approximate surface area is 105 Å². The fourth-order valence-electron chi connectivity index (χ4n) is 1.06. The van der Waals surface area contributed by atoms with Gasteiger partial charge in [-0.2, -0.15) is 0 Å². The Morgan fingerprint density at radius 1 is 1.22 bits per heavy atom. The third-order valence-corrected chi connectivity index (χ3v) is 2.27. The van der Waals surface area contributed by atoms with Gasteiger partial charge in [-0.15, -0.1) is 0 Å². The number of esters is 1. The molecule has 0 aliphatic carbocycles. The second-order valence-electron chi connectivity index (χ2n) is 3.39. The largest absolute Gasteiger partial charge is 0.450 e. The molecule has 0 saturated carbocycles. The highest BCUT2D eigenvalue weighted by atomic mass is 31.2. The van der Waals surface area contributed by atoms with Crippen LogP contribution in [-0.2, 0) is 14.1 Å². The molecule has 0 aliphatic rings. The zero-order chi connectivity index (χ0) is 13.4. The molecule has 6 heteroatoms. The molecule has 5 nitrogen and oxygen atoms in total. The Balaban J connectivity index is 2.39. The second kappa shape index (κ2) is 6.91. The summed E-state index contributed by atoms with van der Waals surface area (Å²) < 4.78 is 14.8. The Kier molecular flexibility index (Phi) is 5.52. The van der Waals surface area contributed by atoms with Crippen molar-refractivity contribution in [2.24, 2.45) is 0 Å². The number of ether oxygens (including phenoxy) is 1. The molecular weight excluding hydrogens is 255 g/mol. The summed E-state index contributed by atoms with van der Waals surface area (Å²) >= 11 is 0. The van der Waals surface area contributed by atoms with Crippen molar-refractivity contribution in [1.82, 2.24) is 0 Å². The molecular formula is C12H13O5P. The molecule has 0 atom stereocenters. The number of carbonyl (C=O) groups is 1. The SMILES string of the molecule is O=C(C=CC=Cc1ccccc1)OCP(=O)(O)O. The summed E-state index contributed by atoms with van der Waals surface area (Å²) in [7, 11) is -4.30. The molecule has 0 saturated heterocycles. The lowest BCUT2D eigenvalue weighted by Crippen LogP contribution is -2.02. The van der Waals surface area contributed by atoms with E-state index >= 15 is 0 Å². The van der Waals surface area contributed by atoms with Crippen LogP contribution in [0.5, 0.6) is 0 Å². The lowest BCUT2D eigenvalue weighted by Gasteiger charge is -2.02. The van der Waals surface area contributed by atoms with Crippen molar-refractivity contribution in [2.45, 2.75) is 0 Å². The van der Waals surface area contributed by atoms with Gasteiger partial charge in [0, 0.05) is 6.08 Å². The molecule has 2 N–H and O–H groups in total. The lowest BCUT2D eigenvalue weighted by molar-refractivity contribution is -0.136. The van der Waals surface area contributed by atoms with Crippen LogP contribution >= 0.6 is 7.60 Å². The average Bonchev–Trinajstić information content (AvgIpc) is 2.33. The van der Waals surface area contributed by atoms with Crippen molar-refractivity contribution in [3.05, 3.63) is 54.1 Å². The number of benzene rings is 1. The summed E-state index contributed by atoms with van der Waals surface area (Å²) in [6.07, 6.45) is 5.05. The molecule has 0 heterocycles. The minimum Gasteiger partial charge on any atom is -0.450 e. The van der Waals surface area contributed by atoms with Gasteiger partial charge in [0.1, 0.15) is 0 Å². The lowest BCUT2D eigenvalue weighted by atomic mass is 10.2. The number of carbonyl (C=O) groups excluding carboxylic acids is 1. The Hall–Kier alpha value is -1.68. The van der Waals surface area contributed by atoms with Crippen LogP contribution in [0.1, 0.15) is 5.56 Å². The van der Waals surface area contributed by atoms with E-state index < -0.39 is 19.9 Å². The first-order valence-corrected chi connectivity index (χ1v) is 6.88. The summed E-state index contributed by atoms with van der Waals surface area (Å²) in [5, 5.41) is 0. The van der Waals surface area contributed by atoms with Gasteiger partial charge in [-0.1, -0.05) is 48.6 Å². The number of hydrogen-bond acceptors (Lipinski definition) is 3. The van der Waals surface area contributed by atoms with Gasteiger partial charge in [0.05, 0.1) is 0 Å². The first-order chi connectivity index (χ1) is 8.47. The van der Waals surface area contributed by atoms with Crippen molar-refractivity contribution in [1.29, 1.82) is 0 Å². The van der Waals surface area contributed by atoms with Crippen molar-refractivity contribution >= 4 is 19.6 Å². The van der Waals surface area contributed by atoms with Crippen LogP contribution in [0.25, 0.3) is 6.08 Å². The van der Waals surface area contributed by atoms with Crippen molar-refractivity contribution < 1.29 is 23.9 Å². The summed E-state index contributed by atoms with van der Waals surface area (Å²) in [4.78, 5) is 28.0. The molecule has 0 fully saturated rings. The van der Waals surface area contributed by atoms with Gasteiger partial charge in [0.25, 0.3) is 0 Å². The van der Waals surface area contributed by atoms with Crippen LogP contribution in [0.15, 0.2) is 48.6 Å². The maximum absolute atomic E-state index is 11.0. The quantitative estimate of drug-likeness (QED) is 0.369. The first kappa shape index (κ1) is 14.4. The van der Waals surface area contributed by atoms with Gasteiger partial charge in [-0.25, -0.2) is 4.79 Å². The van der Waals surface area contributed by atoms with Crippen LogP contribution in [0.4, 0.5) is 0 Å². The Morgan fingerprint density at radius 2 is 1.89 bits per heavy atom. The molecule has 0 aliphatic heterocycles. The summed E-state index contributed by atoms with van der Waals surface area (Å²) in [6.45, 7) is 0. The van der Waals surface area contributed by atoms with Gasteiger partial charge in [-0.05, 0) is 5.56 Å². The third-order valence-electron chi connectivity index (χ3n) is 1.81. The highest BCUT2D eigenvalue weighted by Gasteiger charge is 2.14. The van der Waals surface area contributed by atoms with Crippen molar-refractivity contribution in [3.63, 3.8) is 0 Å². The summed E-state index contributed by atoms with van der Waals surface area (Å²) in [5.41, 5.74) is 0.978. The standard InChI is InChI=1S/C12H13O5P/c13-12(17-10-18(14,15)16)9-5-4-8-11-6-2-1-3-7-11/h1-9H,10H2,(H2,14,15,16). The maximum Gasteiger partial charge on any atom is 0.362 e. The fraction of sp³-hybridized carbons (Fsp3) is 0.0833. The second-order valence-corrected chi connectivity index (χ2v) is 4.97. The van der Waals surface area contributed by atoms with Gasteiger partial charge < -0.3 is 14.5 Å². The highest BCUT2D eigenvalue weighted by molar-refractivity contribution is 7.51. The Bertz CT molecular complexity index is 486. The van der Waals surface area contributed by atoms with Crippen LogP contribution in [0.3, 0.4) is 0 Å². The van der Waals surface area contributed by atoms with Crippen molar-refractivity contribution in [3.8, 4) is 0 Å². The first-order valence-electron chi connectivity index (χ1n) is 5.08. The number of rotatable bonds is 5. The van der Waals surface area contributed by atoms with E-state index in [1.807, 2.05) is 30.3 Å². The number of hydrogen-bond donors (Lipinski definition) is 2. The van der Waals surface area contributed by atoms with E-state index in [1.165, 1.54) is 6.08 Å². The molecule has 1 aromatic carbocycles. The van der Waals surface area contributed by atoms with E-state index in [-0.39, 0.29) is 0 Å². The van der Waals surface area contributed by atoms with Crippen LogP contribution < -0.4 is 0 Å². The molecule has 0 bridgehead atoms. The molecule has 1 rings (SSSR count). The normalized spacial score (nSPS) is 12.1. The summed E-state index contributed by atoms with van der Waals surface area (Å²) in [6, 6.07) is 9.47. The van der Waals surface area contributed by atoms with Gasteiger partial charge in [-0.3, -0.25) is 4.57 Å². The van der Waals surface area contributed by atoms with E-state index in [4.69, 9.17) is 9.79 Å². The van der Waals surface area contributed by atoms with E-state index in [0.29, 0.717) is 0 Å². The fourth-order valence-corrected chi connectivity index (χ4v) is 1.36. The van der Waals surface area contributed by atoms with Gasteiger partial charge >= 0.3 is 13.6 Å². The van der Waals surface area contributed by atoms with E-state index in [9.17, 15) is 9.36 Å². The summed E-state index contributed by atoms with van der Waals surface area (Å²) in [5.74, 6) is -0.795.